The highest BCUT2D eigenvalue weighted by molar-refractivity contribution is 6.10. The molecule has 0 saturated carbocycles. The lowest BCUT2D eigenvalue weighted by Gasteiger charge is -2.13. The Morgan fingerprint density at radius 2 is 0.857 bits per heavy atom. The number of fused-ring (bicyclic) bond motifs is 3. The fourth-order valence-corrected chi connectivity index (χ4v) is 6.38. The van der Waals surface area contributed by atoms with E-state index in [4.69, 9.17) is 24.4 Å². The van der Waals surface area contributed by atoms with Crippen molar-refractivity contribution in [3.8, 4) is 67.9 Å². The molecule has 0 bridgehead atoms. The van der Waals surface area contributed by atoms with Gasteiger partial charge in [0.05, 0.1) is 0 Å². The van der Waals surface area contributed by atoms with Gasteiger partial charge in [0.15, 0.2) is 23.1 Å². The Labute approximate surface area is 283 Å². The summed E-state index contributed by atoms with van der Waals surface area (Å²) in [6.07, 6.45) is 0. The van der Waals surface area contributed by atoms with Gasteiger partial charge in [0.1, 0.15) is 5.52 Å². The molecule has 5 nitrogen and oxygen atoms in total. The van der Waals surface area contributed by atoms with Crippen LogP contribution in [0.2, 0.25) is 0 Å². The van der Waals surface area contributed by atoms with E-state index in [-0.39, 0.29) is 0 Å². The van der Waals surface area contributed by atoms with Gasteiger partial charge in [0, 0.05) is 27.6 Å². The molecule has 5 heteroatoms. The van der Waals surface area contributed by atoms with Crippen molar-refractivity contribution in [3.63, 3.8) is 0 Å². The Morgan fingerprint density at radius 1 is 0.327 bits per heavy atom. The first kappa shape index (κ1) is 28.5. The van der Waals surface area contributed by atoms with Gasteiger partial charge in [-0.1, -0.05) is 152 Å². The van der Waals surface area contributed by atoms with Gasteiger partial charge >= 0.3 is 0 Å². The first-order chi connectivity index (χ1) is 24.3. The van der Waals surface area contributed by atoms with Crippen molar-refractivity contribution >= 4 is 21.9 Å². The summed E-state index contributed by atoms with van der Waals surface area (Å²) in [5, 5.41) is 1.93. The Hall–Kier alpha value is -6.72. The minimum Gasteiger partial charge on any atom is -0.435 e. The number of aromatic nitrogens is 4. The van der Waals surface area contributed by atoms with Gasteiger partial charge in [-0.25, -0.2) is 19.9 Å². The molecule has 0 fully saturated rings. The van der Waals surface area contributed by atoms with Crippen molar-refractivity contribution in [1.29, 1.82) is 0 Å². The third-order valence-corrected chi connectivity index (χ3v) is 8.80. The number of hydrogen-bond acceptors (Lipinski definition) is 5. The molecule has 0 atom stereocenters. The highest BCUT2D eigenvalue weighted by Gasteiger charge is 2.20. The van der Waals surface area contributed by atoms with Crippen molar-refractivity contribution in [1.82, 2.24) is 19.9 Å². The highest BCUT2D eigenvalue weighted by Crippen LogP contribution is 2.38. The van der Waals surface area contributed by atoms with E-state index < -0.39 is 0 Å². The van der Waals surface area contributed by atoms with Crippen LogP contribution < -0.4 is 0 Å². The molecule has 49 heavy (non-hydrogen) atoms. The normalized spacial score (nSPS) is 11.3. The highest BCUT2D eigenvalue weighted by atomic mass is 16.3. The second-order valence-electron chi connectivity index (χ2n) is 11.9. The summed E-state index contributed by atoms with van der Waals surface area (Å²) in [6, 6.07) is 57.6. The summed E-state index contributed by atoms with van der Waals surface area (Å²) in [4.78, 5) is 20.3. The van der Waals surface area contributed by atoms with Gasteiger partial charge < -0.3 is 4.42 Å². The van der Waals surface area contributed by atoms with Crippen molar-refractivity contribution in [3.05, 3.63) is 170 Å². The van der Waals surface area contributed by atoms with Gasteiger partial charge in [0.25, 0.3) is 0 Å². The topological polar surface area (TPSA) is 64.7 Å². The second kappa shape index (κ2) is 12.1. The fraction of sp³-hybridized carbons (Fsp3) is 0. The number of oxazole rings is 1. The van der Waals surface area contributed by atoms with Crippen LogP contribution in [0.4, 0.5) is 0 Å². The van der Waals surface area contributed by atoms with E-state index in [1.54, 1.807) is 0 Å². The molecule has 9 aromatic rings. The predicted molar refractivity (Wildman–Crippen MR) is 198 cm³/mol. The van der Waals surface area contributed by atoms with Crippen molar-refractivity contribution in [2.45, 2.75) is 0 Å². The number of rotatable bonds is 6. The van der Waals surface area contributed by atoms with Gasteiger partial charge in [0.2, 0.25) is 5.89 Å². The Morgan fingerprint density at radius 3 is 1.57 bits per heavy atom. The predicted octanol–water partition coefficient (Wildman–Crippen LogP) is 11.2. The lowest BCUT2D eigenvalue weighted by molar-refractivity contribution is 0.623. The maximum atomic E-state index is 6.51. The summed E-state index contributed by atoms with van der Waals surface area (Å²) in [5.41, 5.74) is 9.51. The molecule has 0 saturated heterocycles. The molecule has 230 valence electrons. The standard InChI is InChI=1S/C44H28N4O/c1-4-13-29(14-5-1)30-23-25-33(26-24-30)41-46-42(36-21-11-10-20-35(36)31-15-6-2-7-16-31)48-43(47-41)37-22-12-19-32-27-28-38-40(39(32)37)49-44(45-38)34-17-8-3-9-18-34/h1-28H. The summed E-state index contributed by atoms with van der Waals surface area (Å²) >= 11 is 0. The van der Waals surface area contributed by atoms with Crippen molar-refractivity contribution < 1.29 is 4.42 Å². The third-order valence-electron chi connectivity index (χ3n) is 8.80. The van der Waals surface area contributed by atoms with Crippen LogP contribution in [0.1, 0.15) is 0 Å². The molecule has 9 rings (SSSR count). The van der Waals surface area contributed by atoms with Crippen LogP contribution >= 0.6 is 0 Å². The number of hydrogen-bond donors (Lipinski definition) is 0. The Balaban J connectivity index is 1.27. The van der Waals surface area contributed by atoms with Crippen LogP contribution in [0.3, 0.4) is 0 Å². The van der Waals surface area contributed by atoms with Gasteiger partial charge in [-0.15, -0.1) is 0 Å². The zero-order valence-electron chi connectivity index (χ0n) is 26.4. The number of benzene rings is 7. The first-order valence-electron chi connectivity index (χ1n) is 16.2. The number of nitrogens with zero attached hydrogens (tertiary/aromatic N) is 4. The molecule has 0 spiro atoms. The van der Waals surface area contributed by atoms with Gasteiger partial charge in [-0.2, -0.15) is 0 Å². The molecular weight excluding hydrogens is 601 g/mol. The van der Waals surface area contributed by atoms with Gasteiger partial charge in [-0.05, 0) is 45.8 Å². The molecule has 0 N–H and O–H groups in total. The maximum absolute atomic E-state index is 6.51. The summed E-state index contributed by atoms with van der Waals surface area (Å²) in [5.74, 6) is 2.32. The van der Waals surface area contributed by atoms with E-state index in [1.807, 2.05) is 78.9 Å². The summed E-state index contributed by atoms with van der Waals surface area (Å²) in [6.45, 7) is 0. The van der Waals surface area contributed by atoms with Crippen LogP contribution in [0.15, 0.2) is 174 Å². The average molecular weight is 629 g/mol. The van der Waals surface area contributed by atoms with E-state index in [0.717, 1.165) is 60.8 Å². The van der Waals surface area contributed by atoms with E-state index in [1.165, 1.54) is 0 Å². The fourth-order valence-electron chi connectivity index (χ4n) is 6.38. The van der Waals surface area contributed by atoms with Crippen LogP contribution in [0.5, 0.6) is 0 Å². The molecule has 0 aliphatic rings. The molecule has 7 aromatic carbocycles. The van der Waals surface area contributed by atoms with Crippen molar-refractivity contribution in [2.24, 2.45) is 0 Å². The summed E-state index contributed by atoms with van der Waals surface area (Å²) < 4.78 is 6.51. The largest absolute Gasteiger partial charge is 0.435 e. The van der Waals surface area contributed by atoms with Crippen LogP contribution in [-0.4, -0.2) is 19.9 Å². The van der Waals surface area contributed by atoms with E-state index in [0.29, 0.717) is 28.9 Å². The minimum atomic E-state index is 0.561. The smallest absolute Gasteiger partial charge is 0.227 e. The van der Waals surface area contributed by atoms with Crippen LogP contribution in [-0.2, 0) is 0 Å². The summed E-state index contributed by atoms with van der Waals surface area (Å²) in [7, 11) is 0. The minimum absolute atomic E-state index is 0.561. The molecule has 0 aliphatic heterocycles. The molecule has 0 radical (unpaired) electrons. The quantitative estimate of drug-likeness (QED) is 0.183. The Bertz CT molecular complexity index is 2580. The van der Waals surface area contributed by atoms with E-state index in [9.17, 15) is 0 Å². The molecule has 0 amide bonds. The van der Waals surface area contributed by atoms with E-state index in [2.05, 4.69) is 91.0 Å². The second-order valence-corrected chi connectivity index (χ2v) is 11.9. The van der Waals surface area contributed by atoms with Crippen molar-refractivity contribution in [2.75, 3.05) is 0 Å². The zero-order valence-corrected chi connectivity index (χ0v) is 26.4. The van der Waals surface area contributed by atoms with Gasteiger partial charge in [-0.3, -0.25) is 0 Å². The lowest BCUT2D eigenvalue weighted by Crippen LogP contribution is -2.01. The first-order valence-corrected chi connectivity index (χ1v) is 16.2. The zero-order chi connectivity index (χ0) is 32.6. The van der Waals surface area contributed by atoms with Crippen LogP contribution in [0.25, 0.3) is 89.7 Å². The van der Waals surface area contributed by atoms with E-state index >= 15 is 0 Å². The SMILES string of the molecule is c1ccc(-c2ccc(-c3nc(-c4ccccc4-c4ccccc4)nc(-c4cccc5ccc6nc(-c7ccccc7)oc6c45)n3)cc2)cc1. The molecule has 2 heterocycles. The molecule has 0 unspecified atom stereocenters. The molecular formula is C44H28N4O. The molecule has 2 aromatic heterocycles. The average Bonchev–Trinajstić information content (AvgIpc) is 3.64. The Kier molecular flexibility index (Phi) is 7.06. The maximum Gasteiger partial charge on any atom is 0.227 e. The third kappa shape index (κ3) is 5.33. The lowest BCUT2D eigenvalue weighted by atomic mass is 9.99. The van der Waals surface area contributed by atoms with Crippen LogP contribution in [0, 0.1) is 0 Å². The monoisotopic (exact) mass is 628 g/mol. The molecule has 0 aliphatic carbocycles.